The lowest BCUT2D eigenvalue weighted by molar-refractivity contribution is 0.268. The van der Waals surface area contributed by atoms with Crippen LogP contribution in [0, 0.1) is 0 Å². The minimum atomic E-state index is 0.535. The summed E-state index contributed by atoms with van der Waals surface area (Å²) in [6.45, 7) is 4.12. The van der Waals surface area contributed by atoms with Gasteiger partial charge < -0.3 is 4.74 Å². The molecule has 0 rings (SSSR count). The minimum Gasteiger partial charge on any atom is -0.457 e. The van der Waals surface area contributed by atoms with Crippen molar-refractivity contribution in [2.75, 3.05) is 6.61 Å². The summed E-state index contributed by atoms with van der Waals surface area (Å²) in [5.74, 6) is 0. The number of hydrogen-bond acceptors (Lipinski definition) is 2. The SMILES string of the molecule is CCCCCCCO[C]=O. The Hall–Kier alpha value is -0.530. The molecule has 0 aromatic heterocycles. The van der Waals surface area contributed by atoms with Gasteiger partial charge in [0.05, 0.1) is 6.61 Å². The lowest BCUT2D eigenvalue weighted by Crippen LogP contribution is -1.90. The van der Waals surface area contributed by atoms with E-state index in [-0.39, 0.29) is 0 Å². The van der Waals surface area contributed by atoms with Gasteiger partial charge in [-0.15, -0.1) is 0 Å². The van der Waals surface area contributed by atoms with E-state index in [9.17, 15) is 4.79 Å². The summed E-state index contributed by atoms with van der Waals surface area (Å²) in [6.07, 6.45) is 5.93. The van der Waals surface area contributed by atoms with Crippen LogP contribution in [0.5, 0.6) is 0 Å². The number of hydrogen-bond donors (Lipinski definition) is 0. The number of unbranched alkanes of at least 4 members (excludes halogenated alkanes) is 4. The maximum Gasteiger partial charge on any atom is 0.417 e. The molecule has 0 unspecified atom stereocenters. The molecule has 0 saturated heterocycles. The van der Waals surface area contributed by atoms with E-state index in [0.717, 1.165) is 12.8 Å². The van der Waals surface area contributed by atoms with Gasteiger partial charge in [0.25, 0.3) is 0 Å². The van der Waals surface area contributed by atoms with Gasteiger partial charge in [0.15, 0.2) is 0 Å². The van der Waals surface area contributed by atoms with Crippen LogP contribution >= 0.6 is 0 Å². The van der Waals surface area contributed by atoms with Gasteiger partial charge in [-0.1, -0.05) is 32.6 Å². The van der Waals surface area contributed by atoms with E-state index in [1.165, 1.54) is 25.7 Å². The Bertz CT molecular complexity index is 71.7. The zero-order valence-electron chi connectivity index (χ0n) is 6.56. The summed E-state index contributed by atoms with van der Waals surface area (Å²) >= 11 is 0. The summed E-state index contributed by atoms with van der Waals surface area (Å²) in [6, 6.07) is 0. The predicted octanol–water partition coefficient (Wildman–Crippen LogP) is 2.04. The lowest BCUT2D eigenvalue weighted by atomic mass is 10.2. The van der Waals surface area contributed by atoms with E-state index in [0.29, 0.717) is 6.61 Å². The largest absolute Gasteiger partial charge is 0.457 e. The average Bonchev–Trinajstić information content (AvgIpc) is 1.97. The van der Waals surface area contributed by atoms with E-state index in [1.54, 1.807) is 0 Å². The second-order valence-corrected chi connectivity index (χ2v) is 2.35. The van der Waals surface area contributed by atoms with Crippen molar-refractivity contribution in [2.45, 2.75) is 39.0 Å². The maximum absolute atomic E-state index is 9.55. The molecule has 0 aromatic carbocycles. The Labute approximate surface area is 62.6 Å². The van der Waals surface area contributed by atoms with Crippen molar-refractivity contribution < 1.29 is 9.53 Å². The average molecular weight is 143 g/mol. The fourth-order valence-corrected chi connectivity index (χ4v) is 0.819. The number of ether oxygens (including phenoxy) is 1. The monoisotopic (exact) mass is 143 g/mol. The molecule has 59 valence electrons. The molecule has 10 heavy (non-hydrogen) atoms. The summed E-state index contributed by atoms with van der Waals surface area (Å²) in [4.78, 5) is 9.55. The summed E-state index contributed by atoms with van der Waals surface area (Å²) < 4.78 is 4.41. The third kappa shape index (κ3) is 7.47. The van der Waals surface area contributed by atoms with Crippen molar-refractivity contribution >= 4 is 6.47 Å². The smallest absolute Gasteiger partial charge is 0.417 e. The zero-order chi connectivity index (χ0) is 7.66. The second-order valence-electron chi connectivity index (χ2n) is 2.35. The van der Waals surface area contributed by atoms with Crippen LogP contribution in [0.15, 0.2) is 0 Å². The van der Waals surface area contributed by atoms with Crippen LogP contribution in [0.25, 0.3) is 0 Å². The van der Waals surface area contributed by atoms with Gasteiger partial charge in [0, 0.05) is 0 Å². The normalized spacial score (nSPS) is 9.30. The highest BCUT2D eigenvalue weighted by Gasteiger charge is 1.88. The third-order valence-electron chi connectivity index (χ3n) is 1.41. The zero-order valence-corrected chi connectivity index (χ0v) is 6.56. The molecule has 2 heteroatoms. The summed E-state index contributed by atoms with van der Waals surface area (Å²) in [5.41, 5.74) is 0. The van der Waals surface area contributed by atoms with E-state index in [4.69, 9.17) is 0 Å². The maximum atomic E-state index is 9.55. The Morgan fingerprint density at radius 1 is 1.20 bits per heavy atom. The molecule has 0 heterocycles. The quantitative estimate of drug-likeness (QED) is 0.510. The standard InChI is InChI=1S/C8H15O2/c1-2-3-4-5-6-7-10-8-9/h2-7H2,1H3. The summed E-state index contributed by atoms with van der Waals surface area (Å²) in [7, 11) is 0. The molecule has 0 aliphatic heterocycles. The highest BCUT2D eigenvalue weighted by atomic mass is 16.5. The fraction of sp³-hybridized carbons (Fsp3) is 0.875. The van der Waals surface area contributed by atoms with E-state index >= 15 is 0 Å². The number of rotatable bonds is 7. The first kappa shape index (κ1) is 9.47. The van der Waals surface area contributed by atoms with Crippen LogP contribution < -0.4 is 0 Å². The van der Waals surface area contributed by atoms with Gasteiger partial charge in [-0.2, -0.15) is 0 Å². The second kappa shape index (κ2) is 8.47. The Kier molecular flexibility index (Phi) is 8.02. The van der Waals surface area contributed by atoms with Crippen molar-refractivity contribution in [3.05, 3.63) is 0 Å². The van der Waals surface area contributed by atoms with Crippen LogP contribution in [0.4, 0.5) is 0 Å². The highest BCUT2D eigenvalue weighted by molar-refractivity contribution is 5.37. The molecule has 0 N–H and O–H groups in total. The molecule has 0 bridgehead atoms. The van der Waals surface area contributed by atoms with Crippen LogP contribution in [0.3, 0.4) is 0 Å². The lowest BCUT2D eigenvalue weighted by Gasteiger charge is -1.96. The van der Waals surface area contributed by atoms with E-state index in [1.807, 2.05) is 0 Å². The van der Waals surface area contributed by atoms with Gasteiger partial charge in [-0.25, -0.2) is 4.79 Å². The highest BCUT2D eigenvalue weighted by Crippen LogP contribution is 2.01. The molecule has 0 aliphatic rings. The molecule has 0 amide bonds. The molecule has 0 spiro atoms. The summed E-state index contributed by atoms with van der Waals surface area (Å²) in [5, 5.41) is 0. The van der Waals surface area contributed by atoms with Gasteiger partial charge in [0.1, 0.15) is 0 Å². The molecule has 0 aliphatic carbocycles. The Morgan fingerprint density at radius 2 is 1.90 bits per heavy atom. The van der Waals surface area contributed by atoms with Crippen LogP contribution in [0.1, 0.15) is 39.0 Å². The van der Waals surface area contributed by atoms with Crippen molar-refractivity contribution in [2.24, 2.45) is 0 Å². The Balaban J connectivity index is 2.70. The van der Waals surface area contributed by atoms with Crippen LogP contribution in [-0.2, 0) is 9.53 Å². The van der Waals surface area contributed by atoms with Crippen molar-refractivity contribution in [3.63, 3.8) is 0 Å². The molecular formula is C8H15O2. The van der Waals surface area contributed by atoms with Gasteiger partial charge >= 0.3 is 6.47 Å². The molecular weight excluding hydrogens is 128 g/mol. The van der Waals surface area contributed by atoms with Gasteiger partial charge in [0.2, 0.25) is 0 Å². The molecule has 0 saturated carbocycles. The minimum absolute atomic E-state index is 0.535. The molecule has 0 fully saturated rings. The topological polar surface area (TPSA) is 26.3 Å². The predicted molar refractivity (Wildman–Crippen MR) is 40.4 cm³/mol. The van der Waals surface area contributed by atoms with E-state index < -0.39 is 0 Å². The molecule has 2 nitrogen and oxygen atoms in total. The van der Waals surface area contributed by atoms with Gasteiger partial charge in [-0.3, -0.25) is 0 Å². The first-order chi connectivity index (χ1) is 4.91. The van der Waals surface area contributed by atoms with Crippen LogP contribution in [-0.4, -0.2) is 13.1 Å². The number of carbonyl (C=O) groups excluding carboxylic acids is 1. The van der Waals surface area contributed by atoms with Gasteiger partial charge in [-0.05, 0) is 6.42 Å². The molecule has 1 radical (unpaired) electrons. The van der Waals surface area contributed by atoms with Crippen LogP contribution in [0.2, 0.25) is 0 Å². The van der Waals surface area contributed by atoms with E-state index in [2.05, 4.69) is 11.7 Å². The fourth-order valence-electron chi connectivity index (χ4n) is 0.819. The first-order valence-corrected chi connectivity index (χ1v) is 3.90. The van der Waals surface area contributed by atoms with Crippen molar-refractivity contribution in [3.8, 4) is 0 Å². The third-order valence-corrected chi connectivity index (χ3v) is 1.41. The first-order valence-electron chi connectivity index (χ1n) is 3.90. The molecule has 0 atom stereocenters. The van der Waals surface area contributed by atoms with Crippen molar-refractivity contribution in [1.29, 1.82) is 0 Å². The Morgan fingerprint density at radius 3 is 2.50 bits per heavy atom. The molecule has 0 aromatic rings. The van der Waals surface area contributed by atoms with Crippen molar-refractivity contribution in [1.82, 2.24) is 0 Å².